The van der Waals surface area contributed by atoms with Crippen LogP contribution < -0.4 is 0 Å². The molecular weight excluding hydrogens is 250 g/mol. The number of nitrogens with one attached hydrogen (secondary N) is 1. The van der Waals surface area contributed by atoms with Crippen molar-refractivity contribution in [2.45, 2.75) is 26.4 Å². The van der Waals surface area contributed by atoms with Crippen LogP contribution in [0.15, 0.2) is 34.9 Å². The lowest BCUT2D eigenvalue weighted by atomic mass is 10.1. The normalized spacial score (nSPS) is 15.7. The third kappa shape index (κ3) is 2.02. The molecular formula is C16H17N3O. The Bertz CT molecular complexity index is 756. The number of nitrogens with zero attached hydrogens (tertiary/aromatic N) is 2. The van der Waals surface area contributed by atoms with E-state index in [0.29, 0.717) is 0 Å². The van der Waals surface area contributed by atoms with Crippen molar-refractivity contribution in [1.82, 2.24) is 15.1 Å². The van der Waals surface area contributed by atoms with Crippen LogP contribution in [-0.4, -0.2) is 21.6 Å². The van der Waals surface area contributed by atoms with Crippen LogP contribution in [0.1, 0.15) is 22.6 Å². The summed E-state index contributed by atoms with van der Waals surface area (Å²) in [7, 11) is 0. The van der Waals surface area contributed by atoms with E-state index >= 15 is 0 Å². The summed E-state index contributed by atoms with van der Waals surface area (Å²) in [6, 6.07) is 8.57. The molecule has 0 bridgehead atoms. The molecule has 0 unspecified atom stereocenters. The predicted octanol–water partition coefficient (Wildman–Crippen LogP) is 3.02. The van der Waals surface area contributed by atoms with E-state index in [1.165, 1.54) is 22.2 Å². The maximum absolute atomic E-state index is 5.62. The van der Waals surface area contributed by atoms with Gasteiger partial charge in [0.2, 0.25) is 0 Å². The fraction of sp³-hybridized carbons (Fsp3) is 0.312. The summed E-state index contributed by atoms with van der Waals surface area (Å²) in [5.41, 5.74) is 4.94. The molecule has 0 radical (unpaired) electrons. The summed E-state index contributed by atoms with van der Waals surface area (Å²) in [4.78, 5) is 2.46. The molecule has 0 amide bonds. The van der Waals surface area contributed by atoms with Crippen LogP contribution in [0.3, 0.4) is 0 Å². The Hall–Kier alpha value is -2.07. The van der Waals surface area contributed by atoms with Crippen LogP contribution >= 0.6 is 0 Å². The van der Waals surface area contributed by atoms with Gasteiger partial charge in [-0.15, -0.1) is 0 Å². The zero-order valence-electron chi connectivity index (χ0n) is 11.5. The SMILES string of the molecule is Cc1cc2cc(CN3CCc4[nH]ncc4C3)ccc2o1. The highest BCUT2D eigenvalue weighted by Gasteiger charge is 2.17. The second-order valence-electron chi connectivity index (χ2n) is 5.56. The van der Waals surface area contributed by atoms with Crippen LogP contribution in [0, 0.1) is 6.92 Å². The van der Waals surface area contributed by atoms with Gasteiger partial charge in [-0.3, -0.25) is 10.00 Å². The van der Waals surface area contributed by atoms with E-state index in [1.807, 2.05) is 13.1 Å². The molecule has 1 aliphatic heterocycles. The third-order valence-electron chi connectivity index (χ3n) is 3.99. The number of aromatic amines is 1. The van der Waals surface area contributed by atoms with Crippen molar-refractivity contribution in [2.24, 2.45) is 0 Å². The van der Waals surface area contributed by atoms with Gasteiger partial charge in [0.15, 0.2) is 0 Å². The first kappa shape index (κ1) is 11.7. The van der Waals surface area contributed by atoms with E-state index in [1.54, 1.807) is 0 Å². The summed E-state index contributed by atoms with van der Waals surface area (Å²) in [5, 5.41) is 8.40. The second kappa shape index (κ2) is 4.49. The first-order valence-electron chi connectivity index (χ1n) is 7.00. The molecule has 1 N–H and O–H groups in total. The highest BCUT2D eigenvalue weighted by Crippen LogP contribution is 2.23. The molecule has 0 fully saturated rings. The number of aromatic nitrogens is 2. The van der Waals surface area contributed by atoms with Crippen molar-refractivity contribution in [3.63, 3.8) is 0 Å². The summed E-state index contributed by atoms with van der Waals surface area (Å²) < 4.78 is 5.62. The van der Waals surface area contributed by atoms with Gasteiger partial charge in [0, 0.05) is 42.7 Å². The Morgan fingerprint density at radius 1 is 1.35 bits per heavy atom. The molecule has 4 rings (SSSR count). The number of hydrogen-bond acceptors (Lipinski definition) is 3. The zero-order chi connectivity index (χ0) is 13.5. The largest absolute Gasteiger partial charge is 0.461 e. The second-order valence-corrected chi connectivity index (χ2v) is 5.56. The number of furan rings is 1. The van der Waals surface area contributed by atoms with Crippen molar-refractivity contribution < 1.29 is 4.42 Å². The molecule has 0 atom stereocenters. The predicted molar refractivity (Wildman–Crippen MR) is 77.4 cm³/mol. The molecule has 20 heavy (non-hydrogen) atoms. The molecule has 0 aliphatic carbocycles. The Morgan fingerprint density at radius 2 is 2.30 bits per heavy atom. The molecule has 0 spiro atoms. The maximum Gasteiger partial charge on any atom is 0.134 e. The monoisotopic (exact) mass is 267 g/mol. The minimum absolute atomic E-state index is 0.971. The van der Waals surface area contributed by atoms with E-state index in [0.717, 1.165) is 37.4 Å². The van der Waals surface area contributed by atoms with Crippen LogP contribution in [0.25, 0.3) is 11.0 Å². The topological polar surface area (TPSA) is 45.1 Å². The first-order valence-corrected chi connectivity index (χ1v) is 7.00. The molecule has 1 aliphatic rings. The average molecular weight is 267 g/mol. The minimum atomic E-state index is 0.971. The number of rotatable bonds is 2. The molecule has 3 aromatic rings. The highest BCUT2D eigenvalue weighted by atomic mass is 16.3. The summed E-state index contributed by atoms with van der Waals surface area (Å²) in [6.45, 7) is 5.03. The van der Waals surface area contributed by atoms with Crippen LogP contribution in [0.4, 0.5) is 0 Å². The lowest BCUT2D eigenvalue weighted by molar-refractivity contribution is 0.245. The fourth-order valence-corrected chi connectivity index (χ4v) is 3.00. The molecule has 3 heterocycles. The minimum Gasteiger partial charge on any atom is -0.461 e. The Labute approximate surface area is 117 Å². The van der Waals surface area contributed by atoms with E-state index in [-0.39, 0.29) is 0 Å². The van der Waals surface area contributed by atoms with Gasteiger partial charge in [0.05, 0.1) is 6.20 Å². The van der Waals surface area contributed by atoms with Crippen LogP contribution in [0.5, 0.6) is 0 Å². The summed E-state index contributed by atoms with van der Waals surface area (Å²) in [5.74, 6) is 0.971. The first-order chi connectivity index (χ1) is 9.78. The van der Waals surface area contributed by atoms with Gasteiger partial charge < -0.3 is 4.42 Å². The number of aryl methyl sites for hydroxylation is 1. The van der Waals surface area contributed by atoms with Crippen molar-refractivity contribution >= 4 is 11.0 Å². The van der Waals surface area contributed by atoms with Crippen molar-refractivity contribution in [2.75, 3.05) is 6.54 Å². The van der Waals surface area contributed by atoms with Gasteiger partial charge in [-0.05, 0) is 30.7 Å². The van der Waals surface area contributed by atoms with E-state index in [4.69, 9.17) is 4.42 Å². The van der Waals surface area contributed by atoms with Crippen LogP contribution in [-0.2, 0) is 19.5 Å². The van der Waals surface area contributed by atoms with Gasteiger partial charge >= 0.3 is 0 Å². The van der Waals surface area contributed by atoms with Gasteiger partial charge in [0.1, 0.15) is 11.3 Å². The lowest BCUT2D eigenvalue weighted by Gasteiger charge is -2.26. The van der Waals surface area contributed by atoms with Gasteiger partial charge in [-0.2, -0.15) is 5.10 Å². The zero-order valence-corrected chi connectivity index (χ0v) is 11.5. The molecule has 1 aromatic carbocycles. The average Bonchev–Trinajstić information content (AvgIpc) is 3.02. The van der Waals surface area contributed by atoms with Gasteiger partial charge in [-0.25, -0.2) is 0 Å². The summed E-state index contributed by atoms with van der Waals surface area (Å²) in [6.07, 6.45) is 3.01. The molecule has 0 saturated heterocycles. The standard InChI is InChI=1S/C16H17N3O/c1-11-6-13-7-12(2-3-16(13)20-11)9-19-5-4-15-14(10-19)8-17-18-15/h2-3,6-8H,4-5,9-10H2,1H3,(H,17,18). The quantitative estimate of drug-likeness (QED) is 0.776. The summed E-state index contributed by atoms with van der Waals surface area (Å²) >= 11 is 0. The van der Waals surface area contributed by atoms with Crippen molar-refractivity contribution in [3.8, 4) is 0 Å². The van der Waals surface area contributed by atoms with Crippen molar-refractivity contribution in [1.29, 1.82) is 0 Å². The third-order valence-corrected chi connectivity index (χ3v) is 3.99. The molecule has 4 heteroatoms. The molecule has 4 nitrogen and oxygen atoms in total. The Balaban J connectivity index is 1.56. The van der Waals surface area contributed by atoms with E-state index < -0.39 is 0 Å². The van der Waals surface area contributed by atoms with E-state index in [9.17, 15) is 0 Å². The van der Waals surface area contributed by atoms with Gasteiger partial charge in [0.25, 0.3) is 0 Å². The van der Waals surface area contributed by atoms with Gasteiger partial charge in [-0.1, -0.05) is 6.07 Å². The smallest absolute Gasteiger partial charge is 0.134 e. The van der Waals surface area contributed by atoms with Crippen molar-refractivity contribution in [3.05, 3.63) is 53.0 Å². The number of H-pyrrole nitrogens is 1. The lowest BCUT2D eigenvalue weighted by Crippen LogP contribution is -2.29. The molecule has 102 valence electrons. The van der Waals surface area contributed by atoms with Crippen LogP contribution in [0.2, 0.25) is 0 Å². The number of hydrogen-bond donors (Lipinski definition) is 1. The molecule has 2 aromatic heterocycles. The Morgan fingerprint density at radius 3 is 3.25 bits per heavy atom. The number of fused-ring (bicyclic) bond motifs is 2. The Kier molecular flexibility index (Phi) is 2.63. The highest BCUT2D eigenvalue weighted by molar-refractivity contribution is 5.78. The fourth-order valence-electron chi connectivity index (χ4n) is 3.00. The maximum atomic E-state index is 5.62. The number of benzene rings is 1. The van der Waals surface area contributed by atoms with E-state index in [2.05, 4.69) is 39.4 Å². The molecule has 0 saturated carbocycles.